The number of halogens is 3. The quantitative estimate of drug-likeness (QED) is 0.171. The molecule has 0 unspecified atom stereocenters. The van der Waals surface area contributed by atoms with Crippen molar-refractivity contribution in [2.45, 2.75) is 52.6 Å². The van der Waals surface area contributed by atoms with Crippen LogP contribution in [0, 0.1) is 11.6 Å². The lowest BCUT2D eigenvalue weighted by atomic mass is 10.0. The van der Waals surface area contributed by atoms with E-state index >= 15 is 0 Å². The Kier molecular flexibility index (Phi) is 14.5. The summed E-state index contributed by atoms with van der Waals surface area (Å²) in [5.74, 6) is 0.685. The van der Waals surface area contributed by atoms with Crippen molar-refractivity contribution in [3.8, 4) is 11.5 Å². The maximum Gasteiger partial charge on any atom is 0.410 e. The van der Waals surface area contributed by atoms with Gasteiger partial charge in [0.05, 0.1) is 38.7 Å². The van der Waals surface area contributed by atoms with E-state index in [1.807, 2.05) is 51.1 Å². The number of anilines is 4. The van der Waals surface area contributed by atoms with Crippen LogP contribution in [0.25, 0.3) is 0 Å². The number of carbonyl (C=O) groups is 3. The van der Waals surface area contributed by atoms with Gasteiger partial charge in [-0.3, -0.25) is 9.80 Å². The molecule has 8 rings (SSSR count). The van der Waals surface area contributed by atoms with Gasteiger partial charge in [0.25, 0.3) is 0 Å². The Labute approximate surface area is 367 Å². The highest BCUT2D eigenvalue weighted by Crippen LogP contribution is 2.40. The number of rotatable bonds is 8. The van der Waals surface area contributed by atoms with E-state index in [2.05, 4.69) is 25.8 Å². The number of urea groups is 2. The SMILES string of the molecule is COc1cc(N2CCN(C(=O)OC(C)(C)C)CC2)c2c(c1)N(Cc1cccc(F)c1)C(=O)NC2.COc1cc(N2CCNCC2)c2c(c1)N(Cc1cccc(F)c1)C(=O)NC2.Cl. The third-order valence-electron chi connectivity index (χ3n) is 10.9. The summed E-state index contributed by atoms with van der Waals surface area (Å²) in [6.45, 7) is 12.9. The van der Waals surface area contributed by atoms with Crippen LogP contribution in [0.15, 0.2) is 72.8 Å². The van der Waals surface area contributed by atoms with Crippen molar-refractivity contribution >= 4 is 53.3 Å². The van der Waals surface area contributed by atoms with Gasteiger partial charge in [-0.05, 0) is 56.2 Å². The summed E-state index contributed by atoms with van der Waals surface area (Å²) < 4.78 is 43.9. The molecule has 4 aliphatic rings. The van der Waals surface area contributed by atoms with Crippen molar-refractivity contribution in [2.75, 3.05) is 86.2 Å². The molecule has 4 aromatic carbocycles. The molecule has 5 amide bonds. The zero-order valence-corrected chi connectivity index (χ0v) is 36.6. The minimum absolute atomic E-state index is 0. The van der Waals surface area contributed by atoms with E-state index in [-0.39, 0.29) is 48.7 Å². The summed E-state index contributed by atoms with van der Waals surface area (Å²) in [7, 11) is 3.22. The normalized spacial score (nSPS) is 16.1. The van der Waals surface area contributed by atoms with E-state index in [0.29, 0.717) is 62.9 Å². The predicted octanol–water partition coefficient (Wildman–Crippen LogP) is 7.02. The summed E-state index contributed by atoms with van der Waals surface area (Å²) in [4.78, 5) is 47.3. The molecule has 4 heterocycles. The number of amides is 5. The summed E-state index contributed by atoms with van der Waals surface area (Å²) in [5, 5.41) is 9.24. The fourth-order valence-corrected chi connectivity index (χ4v) is 7.93. The maximum atomic E-state index is 13.7. The van der Waals surface area contributed by atoms with E-state index < -0.39 is 5.60 Å². The first-order chi connectivity index (χ1) is 29.3. The fraction of sp³-hybridized carbons (Fsp3) is 0.400. The van der Waals surface area contributed by atoms with Gasteiger partial charge < -0.3 is 44.9 Å². The minimum Gasteiger partial charge on any atom is -0.497 e. The summed E-state index contributed by atoms with van der Waals surface area (Å²) in [6.07, 6.45) is -0.312. The van der Waals surface area contributed by atoms with Crippen LogP contribution in [0.5, 0.6) is 11.5 Å². The maximum absolute atomic E-state index is 13.7. The Morgan fingerprint density at radius 2 is 1.08 bits per heavy atom. The monoisotopic (exact) mass is 876 g/mol. The number of nitrogens with zero attached hydrogens (tertiary/aromatic N) is 5. The molecule has 0 bridgehead atoms. The third kappa shape index (κ3) is 10.7. The third-order valence-corrected chi connectivity index (χ3v) is 10.9. The first kappa shape index (κ1) is 45.5. The van der Waals surface area contributed by atoms with Gasteiger partial charge in [0.1, 0.15) is 28.7 Å². The van der Waals surface area contributed by atoms with Gasteiger partial charge >= 0.3 is 18.2 Å². The molecule has 4 aromatic rings. The van der Waals surface area contributed by atoms with Crippen molar-refractivity contribution in [2.24, 2.45) is 0 Å². The number of hydrogen-bond donors (Lipinski definition) is 3. The Hall–Kier alpha value is -6.00. The molecule has 14 nitrogen and oxygen atoms in total. The predicted molar refractivity (Wildman–Crippen MR) is 238 cm³/mol. The molecule has 0 spiro atoms. The molecular weight excluding hydrogens is 822 g/mol. The van der Waals surface area contributed by atoms with Crippen LogP contribution >= 0.6 is 12.4 Å². The Morgan fingerprint density at radius 3 is 1.50 bits per heavy atom. The van der Waals surface area contributed by atoms with Gasteiger partial charge in [-0.15, -0.1) is 12.4 Å². The minimum atomic E-state index is -0.538. The second-order valence-corrected chi connectivity index (χ2v) is 16.2. The van der Waals surface area contributed by atoms with E-state index in [0.717, 1.165) is 65.6 Å². The van der Waals surface area contributed by atoms with Crippen LogP contribution < -0.4 is 45.0 Å². The van der Waals surface area contributed by atoms with Gasteiger partial charge in [-0.25, -0.2) is 23.2 Å². The molecule has 0 radical (unpaired) electrons. The van der Waals surface area contributed by atoms with Crippen LogP contribution in [0.3, 0.4) is 0 Å². The van der Waals surface area contributed by atoms with E-state index in [9.17, 15) is 23.2 Å². The number of benzene rings is 4. The van der Waals surface area contributed by atoms with Crippen LogP contribution in [0.4, 0.5) is 45.9 Å². The van der Waals surface area contributed by atoms with Crippen LogP contribution in [-0.2, 0) is 30.9 Å². The summed E-state index contributed by atoms with van der Waals surface area (Å²) >= 11 is 0. The number of hydrogen-bond acceptors (Lipinski definition) is 9. The van der Waals surface area contributed by atoms with Crippen molar-refractivity contribution in [3.05, 3.63) is 107 Å². The molecule has 3 N–H and O–H groups in total. The lowest BCUT2D eigenvalue weighted by molar-refractivity contribution is 0.0240. The van der Waals surface area contributed by atoms with Crippen molar-refractivity contribution in [1.29, 1.82) is 0 Å². The van der Waals surface area contributed by atoms with Crippen LogP contribution in [0.1, 0.15) is 43.0 Å². The highest BCUT2D eigenvalue weighted by atomic mass is 35.5. The molecule has 2 saturated heterocycles. The van der Waals surface area contributed by atoms with Gasteiger partial charge in [-0.1, -0.05) is 24.3 Å². The largest absolute Gasteiger partial charge is 0.497 e. The average molecular weight is 877 g/mol. The molecule has 0 aromatic heterocycles. The Balaban J connectivity index is 0.000000209. The standard InChI is InChI=1S/C25H31FN4O4.C20H23FN4O2.ClH/c1-25(2,3)34-24(32)29-10-8-28(9-11-29)21-13-19(33-4)14-22-20(21)15-27-23(31)30(22)16-17-6-5-7-18(26)12-17;1-27-16-10-18(24-7-5-22-6-8-24)17-12-23-20(26)25(19(17)11-16)13-14-3-2-4-15(21)9-14;/h5-7,12-14H,8-11,15-16H2,1-4H3,(H,27,31);2-4,9-11,22H,5-8,12-13H2,1H3,(H,23,26);1H. The fourth-order valence-electron chi connectivity index (χ4n) is 7.93. The molecular formula is C45H55ClF2N8O6. The second-order valence-electron chi connectivity index (χ2n) is 16.2. The lowest BCUT2D eigenvalue weighted by Crippen LogP contribution is -2.51. The molecule has 0 atom stereocenters. The highest BCUT2D eigenvalue weighted by Gasteiger charge is 2.32. The summed E-state index contributed by atoms with van der Waals surface area (Å²) in [6, 6.07) is 19.9. The number of piperazine rings is 2. The average Bonchev–Trinajstić information content (AvgIpc) is 3.25. The van der Waals surface area contributed by atoms with Gasteiger partial charge in [-0.2, -0.15) is 0 Å². The summed E-state index contributed by atoms with van der Waals surface area (Å²) in [5.41, 5.74) is 6.49. The number of fused-ring (bicyclic) bond motifs is 2. The van der Waals surface area contributed by atoms with Crippen LogP contribution in [-0.4, -0.2) is 95.2 Å². The number of methoxy groups -OCH3 is 2. The number of nitrogens with one attached hydrogen (secondary N) is 3. The number of carbonyl (C=O) groups excluding carboxylic acids is 3. The molecule has 332 valence electrons. The van der Waals surface area contributed by atoms with Crippen LogP contribution in [0.2, 0.25) is 0 Å². The van der Waals surface area contributed by atoms with E-state index in [4.69, 9.17) is 14.2 Å². The van der Waals surface area contributed by atoms with E-state index in [1.165, 1.54) is 24.3 Å². The first-order valence-corrected chi connectivity index (χ1v) is 20.5. The van der Waals surface area contributed by atoms with Gasteiger partial charge in [0.2, 0.25) is 0 Å². The molecule has 62 heavy (non-hydrogen) atoms. The Bertz CT molecular complexity index is 2250. The number of ether oxygens (including phenoxy) is 3. The van der Waals surface area contributed by atoms with E-state index in [1.54, 1.807) is 47.1 Å². The Morgan fingerprint density at radius 1 is 0.645 bits per heavy atom. The lowest BCUT2D eigenvalue weighted by Gasteiger charge is -2.39. The van der Waals surface area contributed by atoms with Gasteiger partial charge in [0, 0.05) is 112 Å². The zero-order chi connectivity index (χ0) is 43.3. The molecule has 4 aliphatic heterocycles. The zero-order valence-electron chi connectivity index (χ0n) is 35.8. The highest BCUT2D eigenvalue weighted by molar-refractivity contribution is 5.97. The topological polar surface area (TPSA) is 131 Å². The van der Waals surface area contributed by atoms with Crippen molar-refractivity contribution in [1.82, 2.24) is 20.9 Å². The molecule has 17 heteroatoms. The molecule has 0 aliphatic carbocycles. The second kappa shape index (κ2) is 19.8. The first-order valence-electron chi connectivity index (χ1n) is 20.5. The molecule has 0 saturated carbocycles. The van der Waals surface area contributed by atoms with Gasteiger partial charge in [0.15, 0.2) is 0 Å². The van der Waals surface area contributed by atoms with Crippen molar-refractivity contribution < 1.29 is 37.4 Å². The van der Waals surface area contributed by atoms with Crippen molar-refractivity contribution in [3.63, 3.8) is 0 Å². The molecule has 2 fully saturated rings. The smallest absolute Gasteiger partial charge is 0.410 e.